The fourth-order valence-electron chi connectivity index (χ4n) is 3.56. The highest BCUT2D eigenvalue weighted by molar-refractivity contribution is 4.81. The highest BCUT2D eigenvalue weighted by Crippen LogP contribution is 2.30. The predicted molar refractivity (Wildman–Crippen MR) is 71.9 cm³/mol. The van der Waals surface area contributed by atoms with Gasteiger partial charge in [-0.15, -0.1) is 0 Å². The van der Waals surface area contributed by atoms with Crippen molar-refractivity contribution in [3.63, 3.8) is 0 Å². The summed E-state index contributed by atoms with van der Waals surface area (Å²) in [4.78, 5) is 0. The molecule has 2 fully saturated rings. The van der Waals surface area contributed by atoms with Crippen LogP contribution in [0.2, 0.25) is 0 Å². The van der Waals surface area contributed by atoms with Gasteiger partial charge >= 0.3 is 0 Å². The van der Waals surface area contributed by atoms with Crippen LogP contribution in [-0.2, 0) is 0 Å². The maximum absolute atomic E-state index is 9.50. The summed E-state index contributed by atoms with van der Waals surface area (Å²) < 4.78 is 0. The molecule has 2 rings (SSSR count). The molecule has 0 spiro atoms. The number of hydrogen-bond acceptors (Lipinski definition) is 2. The molecule has 2 atom stereocenters. The van der Waals surface area contributed by atoms with Gasteiger partial charge in [-0.05, 0) is 69.2 Å². The Labute approximate surface area is 106 Å². The van der Waals surface area contributed by atoms with E-state index >= 15 is 0 Å². The maximum atomic E-state index is 9.50. The smallest absolute Gasteiger partial charge is 0.0543 e. The van der Waals surface area contributed by atoms with Crippen LogP contribution >= 0.6 is 0 Å². The first-order chi connectivity index (χ1) is 8.15. The number of aliphatic hydroxyl groups is 1. The van der Waals surface area contributed by atoms with E-state index in [0.717, 1.165) is 43.2 Å². The molecule has 0 saturated heterocycles. The lowest BCUT2D eigenvalue weighted by Crippen LogP contribution is -2.36. The van der Waals surface area contributed by atoms with E-state index < -0.39 is 0 Å². The standard InChI is InChI=1S/C15H29NO/c1-11(2)13-4-6-14(7-5-13)16-10-12-3-8-15(17)9-12/h11-17H,3-10H2,1-2H3. The molecule has 100 valence electrons. The summed E-state index contributed by atoms with van der Waals surface area (Å²) >= 11 is 0. The average molecular weight is 239 g/mol. The van der Waals surface area contributed by atoms with Gasteiger partial charge in [-0.2, -0.15) is 0 Å². The molecular formula is C15H29NO. The first-order valence-electron chi connectivity index (χ1n) is 7.56. The van der Waals surface area contributed by atoms with E-state index in [-0.39, 0.29) is 6.10 Å². The predicted octanol–water partition coefficient (Wildman–Crippen LogP) is 2.95. The molecule has 0 heterocycles. The molecule has 0 aromatic rings. The second-order valence-electron chi connectivity index (χ2n) is 6.60. The van der Waals surface area contributed by atoms with Crippen LogP contribution in [0.4, 0.5) is 0 Å². The normalized spacial score (nSPS) is 38.8. The third-order valence-electron chi connectivity index (χ3n) is 4.92. The van der Waals surface area contributed by atoms with E-state index in [1.54, 1.807) is 0 Å². The van der Waals surface area contributed by atoms with Crippen LogP contribution in [0.15, 0.2) is 0 Å². The molecule has 2 N–H and O–H groups in total. The van der Waals surface area contributed by atoms with Gasteiger partial charge < -0.3 is 10.4 Å². The van der Waals surface area contributed by atoms with Crippen LogP contribution in [0.3, 0.4) is 0 Å². The van der Waals surface area contributed by atoms with Crippen molar-refractivity contribution in [1.82, 2.24) is 5.32 Å². The first-order valence-corrected chi connectivity index (χ1v) is 7.56. The Hall–Kier alpha value is -0.0800. The van der Waals surface area contributed by atoms with Gasteiger partial charge in [-0.3, -0.25) is 0 Å². The van der Waals surface area contributed by atoms with Gasteiger partial charge in [0.1, 0.15) is 0 Å². The van der Waals surface area contributed by atoms with Crippen molar-refractivity contribution in [3.8, 4) is 0 Å². The van der Waals surface area contributed by atoms with Crippen molar-refractivity contribution in [2.45, 2.75) is 70.9 Å². The van der Waals surface area contributed by atoms with Gasteiger partial charge in [-0.25, -0.2) is 0 Å². The molecule has 2 saturated carbocycles. The molecule has 0 aromatic carbocycles. The minimum atomic E-state index is -0.0153. The SMILES string of the molecule is CC(C)C1CCC(NCC2CCC(O)C2)CC1. The minimum Gasteiger partial charge on any atom is -0.393 e. The summed E-state index contributed by atoms with van der Waals surface area (Å²) in [7, 11) is 0. The minimum absolute atomic E-state index is 0.0153. The number of rotatable bonds is 4. The van der Waals surface area contributed by atoms with Gasteiger partial charge in [0.15, 0.2) is 0 Å². The Kier molecular flexibility index (Phi) is 4.87. The van der Waals surface area contributed by atoms with E-state index in [2.05, 4.69) is 19.2 Å². The molecule has 0 amide bonds. The summed E-state index contributed by atoms with van der Waals surface area (Å²) in [6.07, 6.45) is 8.77. The van der Waals surface area contributed by atoms with Crippen LogP contribution in [-0.4, -0.2) is 23.8 Å². The fraction of sp³-hybridized carbons (Fsp3) is 1.00. The lowest BCUT2D eigenvalue weighted by molar-refractivity contribution is 0.176. The molecule has 2 nitrogen and oxygen atoms in total. The van der Waals surface area contributed by atoms with Crippen LogP contribution in [0.25, 0.3) is 0 Å². The second-order valence-corrected chi connectivity index (χ2v) is 6.60. The molecule has 0 aliphatic heterocycles. The van der Waals surface area contributed by atoms with Gasteiger partial charge in [0.05, 0.1) is 6.10 Å². The molecule has 0 radical (unpaired) electrons. The molecule has 0 bridgehead atoms. The van der Waals surface area contributed by atoms with E-state index in [1.165, 1.54) is 32.1 Å². The molecule has 2 aliphatic rings. The van der Waals surface area contributed by atoms with Crippen molar-refractivity contribution < 1.29 is 5.11 Å². The van der Waals surface area contributed by atoms with Crippen molar-refractivity contribution in [2.24, 2.45) is 17.8 Å². The van der Waals surface area contributed by atoms with Crippen LogP contribution < -0.4 is 5.32 Å². The van der Waals surface area contributed by atoms with Gasteiger partial charge in [0.2, 0.25) is 0 Å². The first kappa shape index (κ1) is 13.4. The molecule has 2 unspecified atom stereocenters. The lowest BCUT2D eigenvalue weighted by Gasteiger charge is -2.32. The number of nitrogens with one attached hydrogen (secondary N) is 1. The van der Waals surface area contributed by atoms with Gasteiger partial charge in [0.25, 0.3) is 0 Å². The average Bonchev–Trinajstić information content (AvgIpc) is 2.73. The van der Waals surface area contributed by atoms with Crippen molar-refractivity contribution >= 4 is 0 Å². The number of aliphatic hydroxyl groups excluding tert-OH is 1. The Morgan fingerprint density at radius 2 is 1.76 bits per heavy atom. The topological polar surface area (TPSA) is 32.3 Å². The highest BCUT2D eigenvalue weighted by atomic mass is 16.3. The van der Waals surface area contributed by atoms with E-state index in [4.69, 9.17) is 0 Å². The summed E-state index contributed by atoms with van der Waals surface area (Å²) in [5.41, 5.74) is 0. The van der Waals surface area contributed by atoms with Crippen LogP contribution in [0, 0.1) is 17.8 Å². The summed E-state index contributed by atoms with van der Waals surface area (Å²) in [6, 6.07) is 0.753. The van der Waals surface area contributed by atoms with Crippen LogP contribution in [0.5, 0.6) is 0 Å². The Bertz CT molecular complexity index is 221. The second kappa shape index (κ2) is 6.19. The Morgan fingerprint density at radius 3 is 2.29 bits per heavy atom. The third kappa shape index (κ3) is 3.96. The van der Waals surface area contributed by atoms with E-state index in [9.17, 15) is 5.11 Å². The van der Waals surface area contributed by atoms with E-state index in [0.29, 0.717) is 0 Å². The van der Waals surface area contributed by atoms with Crippen molar-refractivity contribution in [3.05, 3.63) is 0 Å². The largest absolute Gasteiger partial charge is 0.393 e. The molecule has 2 heteroatoms. The fourth-order valence-corrected chi connectivity index (χ4v) is 3.56. The molecular weight excluding hydrogens is 210 g/mol. The summed E-state index contributed by atoms with van der Waals surface area (Å²) in [5, 5.41) is 13.2. The van der Waals surface area contributed by atoms with Crippen molar-refractivity contribution in [2.75, 3.05) is 6.54 Å². The van der Waals surface area contributed by atoms with Crippen molar-refractivity contribution in [1.29, 1.82) is 0 Å². The zero-order valence-corrected chi connectivity index (χ0v) is 11.5. The molecule has 2 aliphatic carbocycles. The quantitative estimate of drug-likeness (QED) is 0.790. The molecule has 0 aromatic heterocycles. The zero-order valence-electron chi connectivity index (χ0n) is 11.5. The lowest BCUT2D eigenvalue weighted by atomic mass is 9.79. The summed E-state index contributed by atoms with van der Waals surface area (Å²) in [5.74, 6) is 2.55. The maximum Gasteiger partial charge on any atom is 0.0543 e. The monoisotopic (exact) mass is 239 g/mol. The Balaban J connectivity index is 1.61. The van der Waals surface area contributed by atoms with E-state index in [1.807, 2.05) is 0 Å². The van der Waals surface area contributed by atoms with Gasteiger partial charge in [0, 0.05) is 6.04 Å². The highest BCUT2D eigenvalue weighted by Gasteiger charge is 2.26. The Morgan fingerprint density at radius 1 is 1.06 bits per heavy atom. The number of hydrogen-bond donors (Lipinski definition) is 2. The van der Waals surface area contributed by atoms with Crippen LogP contribution in [0.1, 0.15) is 58.8 Å². The zero-order chi connectivity index (χ0) is 12.3. The summed E-state index contributed by atoms with van der Waals surface area (Å²) in [6.45, 7) is 5.85. The molecule has 17 heavy (non-hydrogen) atoms. The van der Waals surface area contributed by atoms with Gasteiger partial charge in [-0.1, -0.05) is 13.8 Å². The third-order valence-corrected chi connectivity index (χ3v) is 4.92.